The van der Waals surface area contributed by atoms with E-state index >= 15 is 0 Å². The molecule has 0 unspecified atom stereocenters. The van der Waals surface area contributed by atoms with Crippen molar-refractivity contribution in [2.24, 2.45) is 0 Å². The second kappa shape index (κ2) is 2.72. The quantitative estimate of drug-likeness (QED) is 0.286. The molecule has 0 aromatic heterocycles. The van der Waals surface area contributed by atoms with Crippen LogP contribution in [0.2, 0.25) is 0 Å². The third-order valence-electron chi connectivity index (χ3n) is 1.23. The first-order valence-electron chi connectivity index (χ1n) is 2.79. The summed E-state index contributed by atoms with van der Waals surface area (Å²) in [7, 11) is 0. The predicted octanol–water partition coefficient (Wildman–Crippen LogP) is 1.46. The molecule has 9 heavy (non-hydrogen) atoms. The van der Waals surface area contributed by atoms with Gasteiger partial charge in [-0.1, -0.05) is 18.3 Å². The van der Waals surface area contributed by atoms with Crippen molar-refractivity contribution in [3.63, 3.8) is 0 Å². The fraction of sp³-hybridized carbons (Fsp3) is 0.286. The Morgan fingerprint density at radius 2 is 2.44 bits per heavy atom. The zero-order chi connectivity index (χ0) is 6.69. The second-order valence-corrected chi connectivity index (χ2v) is 2.37. The van der Waals surface area contributed by atoms with Gasteiger partial charge in [-0.05, 0) is 18.9 Å². The molecule has 1 nitrogen and oxygen atoms in total. The van der Waals surface area contributed by atoms with Crippen LogP contribution in [-0.2, 0) is 4.79 Å². The summed E-state index contributed by atoms with van der Waals surface area (Å²) in [6.07, 6.45) is 5.47. The highest BCUT2D eigenvalue weighted by Crippen LogP contribution is 2.10. The van der Waals surface area contributed by atoms with Gasteiger partial charge >= 0.3 is 0 Å². The molecule has 0 saturated carbocycles. The second-order valence-electron chi connectivity index (χ2n) is 1.88. The number of carbonyl (C=O) groups excluding carboxylic acids is 1. The molecule has 0 aromatic carbocycles. The number of allylic oxidation sites excluding steroid dienone is 3. The molecule has 0 atom stereocenters. The first-order chi connectivity index (χ1) is 4.34. The van der Waals surface area contributed by atoms with Gasteiger partial charge in [0.1, 0.15) is 5.94 Å². The molecule has 1 rings (SSSR count). The molecule has 1 aliphatic rings. The maximum atomic E-state index is 10.1. The van der Waals surface area contributed by atoms with E-state index in [1.807, 2.05) is 6.08 Å². The summed E-state index contributed by atoms with van der Waals surface area (Å²) in [5.41, 5.74) is 0.552. The van der Waals surface area contributed by atoms with Gasteiger partial charge in [-0.15, -0.1) is 0 Å². The summed E-state index contributed by atoms with van der Waals surface area (Å²) in [6, 6.07) is 0. The van der Waals surface area contributed by atoms with Crippen molar-refractivity contribution in [3.05, 3.63) is 17.7 Å². The van der Waals surface area contributed by atoms with Gasteiger partial charge in [0.2, 0.25) is 0 Å². The van der Waals surface area contributed by atoms with Crippen molar-refractivity contribution >= 4 is 23.0 Å². The third kappa shape index (κ3) is 1.35. The number of rotatable bonds is 0. The van der Waals surface area contributed by atoms with E-state index in [0.29, 0.717) is 5.57 Å². The highest BCUT2D eigenvalue weighted by molar-refractivity contribution is 7.80. The molecule has 0 saturated heterocycles. The van der Waals surface area contributed by atoms with Gasteiger partial charge in [-0.2, -0.15) is 0 Å². The molecule has 0 radical (unpaired) electrons. The lowest BCUT2D eigenvalue weighted by molar-refractivity contribution is 0.568. The molecule has 0 bridgehead atoms. The lowest BCUT2D eigenvalue weighted by Crippen LogP contribution is -2.01. The molecule has 2 heteroatoms. The molecule has 0 heterocycles. The predicted molar refractivity (Wildman–Crippen MR) is 40.2 cm³/mol. The van der Waals surface area contributed by atoms with Gasteiger partial charge in [0.15, 0.2) is 0 Å². The average Bonchev–Trinajstić information content (AvgIpc) is 1.89. The Bertz CT molecular complexity index is 209. The van der Waals surface area contributed by atoms with E-state index in [-0.39, 0.29) is 0 Å². The minimum absolute atomic E-state index is 0.552. The lowest BCUT2D eigenvalue weighted by Gasteiger charge is -2.03. The van der Waals surface area contributed by atoms with E-state index in [2.05, 4.69) is 0 Å². The standard InChI is InChI=1S/C7H6OS/c8-5-6-3-1-2-4-7(6)9/h1,3H,2,4H2. The molecule has 0 amide bonds. The Hall–Kier alpha value is -0.720. The van der Waals surface area contributed by atoms with Crippen molar-refractivity contribution in [1.82, 2.24) is 0 Å². The van der Waals surface area contributed by atoms with Crippen molar-refractivity contribution in [3.8, 4) is 0 Å². The number of thiocarbonyl (C=S) groups is 1. The van der Waals surface area contributed by atoms with Crippen LogP contribution >= 0.6 is 12.2 Å². The van der Waals surface area contributed by atoms with Gasteiger partial charge in [-0.3, -0.25) is 0 Å². The van der Waals surface area contributed by atoms with Gasteiger partial charge < -0.3 is 0 Å². The van der Waals surface area contributed by atoms with E-state index in [0.717, 1.165) is 17.7 Å². The first-order valence-corrected chi connectivity index (χ1v) is 3.20. The highest BCUT2D eigenvalue weighted by atomic mass is 32.1. The van der Waals surface area contributed by atoms with Crippen molar-refractivity contribution in [1.29, 1.82) is 0 Å². The monoisotopic (exact) mass is 138 g/mol. The molecular formula is C7H6OS. The van der Waals surface area contributed by atoms with Gasteiger partial charge in [0, 0.05) is 4.86 Å². The van der Waals surface area contributed by atoms with E-state index in [9.17, 15) is 4.79 Å². The van der Waals surface area contributed by atoms with E-state index in [4.69, 9.17) is 12.2 Å². The fourth-order valence-electron chi connectivity index (χ4n) is 0.734. The smallest absolute Gasteiger partial charge is 0.133 e. The summed E-state index contributed by atoms with van der Waals surface area (Å²) in [4.78, 5) is 10.8. The SMILES string of the molecule is O=C=C1C=CCCC1=S. The number of hydrogen-bond acceptors (Lipinski definition) is 2. The Labute approximate surface area is 59.1 Å². The molecular weight excluding hydrogens is 132 g/mol. The van der Waals surface area contributed by atoms with Gasteiger partial charge in [-0.25, -0.2) is 4.79 Å². The van der Waals surface area contributed by atoms with Crippen LogP contribution in [0, 0.1) is 0 Å². The van der Waals surface area contributed by atoms with Crippen LogP contribution in [0.1, 0.15) is 12.8 Å². The van der Waals surface area contributed by atoms with E-state index in [1.54, 1.807) is 12.0 Å². The zero-order valence-corrected chi connectivity index (χ0v) is 5.70. The summed E-state index contributed by atoms with van der Waals surface area (Å²) in [5, 5.41) is 0. The van der Waals surface area contributed by atoms with Crippen LogP contribution in [0.4, 0.5) is 0 Å². The van der Waals surface area contributed by atoms with E-state index in [1.165, 1.54) is 0 Å². The first kappa shape index (κ1) is 6.40. The Morgan fingerprint density at radius 1 is 1.67 bits per heavy atom. The topological polar surface area (TPSA) is 17.1 Å². The average molecular weight is 138 g/mol. The van der Waals surface area contributed by atoms with Gasteiger partial charge in [0.25, 0.3) is 0 Å². The molecule has 46 valence electrons. The molecule has 1 aliphatic carbocycles. The van der Waals surface area contributed by atoms with E-state index < -0.39 is 0 Å². The summed E-state index contributed by atoms with van der Waals surface area (Å²) in [5.74, 6) is 1.79. The van der Waals surface area contributed by atoms with Crippen LogP contribution in [-0.4, -0.2) is 10.8 Å². The van der Waals surface area contributed by atoms with Crippen LogP contribution < -0.4 is 0 Å². The summed E-state index contributed by atoms with van der Waals surface area (Å²) >= 11 is 4.88. The minimum Gasteiger partial charge on any atom is -0.233 e. The lowest BCUT2D eigenvalue weighted by atomic mass is 10.0. The Balaban J connectivity index is 2.94. The summed E-state index contributed by atoms with van der Waals surface area (Å²) in [6.45, 7) is 0. The van der Waals surface area contributed by atoms with Gasteiger partial charge in [0.05, 0.1) is 5.57 Å². The normalized spacial score (nSPS) is 17.8. The highest BCUT2D eigenvalue weighted by Gasteiger charge is 2.05. The fourth-order valence-corrected chi connectivity index (χ4v) is 0.962. The molecule has 0 fully saturated rings. The van der Waals surface area contributed by atoms with Crippen LogP contribution in [0.25, 0.3) is 0 Å². The molecule has 0 spiro atoms. The van der Waals surface area contributed by atoms with Crippen LogP contribution in [0.5, 0.6) is 0 Å². The number of hydrogen-bond donors (Lipinski definition) is 0. The van der Waals surface area contributed by atoms with Crippen molar-refractivity contribution < 1.29 is 4.79 Å². The van der Waals surface area contributed by atoms with Crippen LogP contribution in [0.15, 0.2) is 17.7 Å². The maximum absolute atomic E-state index is 10.1. The van der Waals surface area contributed by atoms with Crippen molar-refractivity contribution in [2.75, 3.05) is 0 Å². The Morgan fingerprint density at radius 3 is 2.89 bits per heavy atom. The molecule has 0 aromatic rings. The summed E-state index contributed by atoms with van der Waals surface area (Å²) < 4.78 is 0. The largest absolute Gasteiger partial charge is 0.233 e. The third-order valence-corrected chi connectivity index (χ3v) is 1.66. The minimum atomic E-state index is 0.552. The Kier molecular flexibility index (Phi) is 1.93. The zero-order valence-electron chi connectivity index (χ0n) is 4.89. The van der Waals surface area contributed by atoms with Crippen LogP contribution in [0.3, 0.4) is 0 Å². The van der Waals surface area contributed by atoms with Crippen molar-refractivity contribution in [2.45, 2.75) is 12.8 Å². The maximum Gasteiger partial charge on any atom is 0.133 e. The molecule has 0 N–H and O–H groups in total. The molecule has 0 aliphatic heterocycles.